The van der Waals surface area contributed by atoms with Gasteiger partial charge >= 0.3 is 5.97 Å². The lowest BCUT2D eigenvalue weighted by Crippen LogP contribution is -2.00. The molecule has 0 aliphatic heterocycles. The Balaban J connectivity index is 3.75. The Morgan fingerprint density at radius 2 is 1.68 bits per heavy atom. The van der Waals surface area contributed by atoms with Gasteiger partial charge in [0.25, 0.3) is 5.09 Å². The van der Waals surface area contributed by atoms with Gasteiger partial charge in [0.2, 0.25) is 0 Å². The highest BCUT2D eigenvalue weighted by Gasteiger charge is 2.02. The predicted molar refractivity (Wildman–Crippen MR) is 98.4 cm³/mol. The third-order valence-electron chi connectivity index (χ3n) is 3.85. The molecular weight excluding hydrogens is 322 g/mol. The van der Waals surface area contributed by atoms with E-state index >= 15 is 0 Å². The minimum atomic E-state index is -0.734. The van der Waals surface area contributed by atoms with Crippen molar-refractivity contribution < 1.29 is 19.5 Å². The molecule has 0 N–H and O–H groups in total. The number of esters is 1. The van der Waals surface area contributed by atoms with E-state index < -0.39 is 5.09 Å². The lowest BCUT2D eigenvalue weighted by molar-refractivity contribution is -0.743. The Kier molecular flexibility index (Phi) is 15.7. The molecule has 0 heterocycles. The minimum Gasteiger partial charge on any atom is -0.469 e. The van der Waals surface area contributed by atoms with Crippen LogP contribution >= 0.6 is 0 Å². The molecule has 0 saturated carbocycles. The molecule has 0 rings (SSSR count). The lowest BCUT2D eigenvalue weighted by Gasteiger charge is -2.03. The van der Waals surface area contributed by atoms with Crippen molar-refractivity contribution in [3.05, 3.63) is 34.1 Å². The van der Waals surface area contributed by atoms with Gasteiger partial charge in [-0.3, -0.25) is 9.63 Å². The second kappa shape index (κ2) is 17.0. The zero-order valence-corrected chi connectivity index (χ0v) is 15.7. The fourth-order valence-electron chi connectivity index (χ4n) is 2.41. The van der Waals surface area contributed by atoms with Crippen molar-refractivity contribution in [1.29, 1.82) is 0 Å². The molecule has 0 unspecified atom stereocenters. The van der Waals surface area contributed by atoms with Crippen LogP contribution in [0.1, 0.15) is 84.0 Å². The minimum absolute atomic E-state index is 0.133. The first kappa shape index (κ1) is 23.1. The molecule has 0 bridgehead atoms. The number of nitrogens with zero attached hydrogens (tertiary/aromatic N) is 1. The van der Waals surface area contributed by atoms with Gasteiger partial charge in [-0.2, -0.15) is 0 Å². The van der Waals surface area contributed by atoms with Gasteiger partial charge in [-0.25, -0.2) is 0 Å². The molecule has 6 nitrogen and oxygen atoms in total. The van der Waals surface area contributed by atoms with Crippen LogP contribution in [-0.4, -0.2) is 18.2 Å². The van der Waals surface area contributed by atoms with Crippen LogP contribution in [0.25, 0.3) is 0 Å². The Labute approximate surface area is 151 Å². The van der Waals surface area contributed by atoms with E-state index in [0.717, 1.165) is 57.8 Å². The average molecular weight is 355 g/mol. The summed E-state index contributed by atoms with van der Waals surface area (Å²) in [5, 5.41) is 9.74. The van der Waals surface area contributed by atoms with Gasteiger partial charge < -0.3 is 4.74 Å². The topological polar surface area (TPSA) is 78.7 Å². The van der Waals surface area contributed by atoms with E-state index in [0.29, 0.717) is 25.0 Å². The van der Waals surface area contributed by atoms with E-state index in [2.05, 4.69) is 22.6 Å². The lowest BCUT2D eigenvalue weighted by atomic mass is 10.1. The summed E-state index contributed by atoms with van der Waals surface area (Å²) >= 11 is 0. The highest BCUT2D eigenvalue weighted by atomic mass is 17.0. The standard InChI is InChI=1S/C19H33NO5/c1-3-4-12-15-18(25-20(22)23)16-13-10-8-6-5-7-9-11-14-17-19(21)24-2/h8,10,16H,3-7,9,11-15,17H2,1-2H3/b10-8+,18-16+. The normalized spacial score (nSPS) is 11.7. The summed E-state index contributed by atoms with van der Waals surface area (Å²) in [6.07, 6.45) is 17.1. The van der Waals surface area contributed by atoms with E-state index in [1.54, 1.807) is 6.08 Å². The van der Waals surface area contributed by atoms with Crippen LogP contribution in [0.2, 0.25) is 0 Å². The highest BCUT2D eigenvalue weighted by molar-refractivity contribution is 5.68. The third kappa shape index (κ3) is 16.8. The number of carbonyl (C=O) groups is 1. The molecule has 0 atom stereocenters. The maximum absolute atomic E-state index is 10.9. The number of carbonyl (C=O) groups excluding carboxylic acids is 1. The fourth-order valence-corrected chi connectivity index (χ4v) is 2.41. The number of methoxy groups -OCH3 is 1. The molecule has 0 radical (unpaired) electrons. The van der Waals surface area contributed by atoms with E-state index in [1.807, 2.05) is 6.08 Å². The van der Waals surface area contributed by atoms with Gasteiger partial charge in [-0.05, 0) is 38.5 Å². The van der Waals surface area contributed by atoms with Gasteiger partial charge in [0.1, 0.15) is 0 Å². The molecule has 0 saturated heterocycles. The molecule has 0 spiro atoms. The fraction of sp³-hybridized carbons (Fsp3) is 0.737. The highest BCUT2D eigenvalue weighted by Crippen LogP contribution is 2.12. The Morgan fingerprint density at radius 3 is 2.36 bits per heavy atom. The van der Waals surface area contributed by atoms with Crippen molar-refractivity contribution in [2.45, 2.75) is 84.0 Å². The number of hydrogen-bond donors (Lipinski definition) is 0. The number of ether oxygens (including phenoxy) is 1. The zero-order valence-electron chi connectivity index (χ0n) is 15.7. The van der Waals surface area contributed by atoms with Crippen LogP contribution in [0.3, 0.4) is 0 Å². The largest absolute Gasteiger partial charge is 0.469 e. The molecule has 6 heteroatoms. The van der Waals surface area contributed by atoms with Gasteiger partial charge in [-0.15, -0.1) is 10.1 Å². The molecule has 0 fully saturated rings. The quantitative estimate of drug-likeness (QED) is 0.0911. The van der Waals surface area contributed by atoms with E-state index in [-0.39, 0.29) is 5.97 Å². The molecule has 0 aliphatic carbocycles. The summed E-state index contributed by atoms with van der Waals surface area (Å²) in [6.45, 7) is 2.10. The van der Waals surface area contributed by atoms with Gasteiger partial charge in [0.15, 0.2) is 0 Å². The monoisotopic (exact) mass is 355 g/mol. The second-order valence-electron chi connectivity index (χ2n) is 6.03. The summed E-state index contributed by atoms with van der Waals surface area (Å²) in [5.41, 5.74) is 0. The first-order valence-corrected chi connectivity index (χ1v) is 9.33. The molecule has 25 heavy (non-hydrogen) atoms. The van der Waals surface area contributed by atoms with Crippen molar-refractivity contribution in [1.82, 2.24) is 0 Å². The molecule has 144 valence electrons. The average Bonchev–Trinajstić information content (AvgIpc) is 2.58. The van der Waals surface area contributed by atoms with Gasteiger partial charge in [0.05, 0.1) is 12.9 Å². The van der Waals surface area contributed by atoms with E-state index in [1.165, 1.54) is 7.11 Å². The van der Waals surface area contributed by atoms with Crippen LogP contribution < -0.4 is 0 Å². The molecule has 0 aliphatic rings. The number of rotatable bonds is 16. The second-order valence-corrected chi connectivity index (χ2v) is 6.03. The summed E-state index contributed by atoms with van der Waals surface area (Å²) in [5.74, 6) is 0.319. The maximum Gasteiger partial charge on any atom is 0.305 e. The van der Waals surface area contributed by atoms with E-state index in [9.17, 15) is 14.9 Å². The molecular formula is C19H33NO5. The first-order chi connectivity index (χ1) is 12.1. The first-order valence-electron chi connectivity index (χ1n) is 9.33. The maximum atomic E-state index is 10.9. The van der Waals surface area contributed by atoms with Crippen molar-refractivity contribution in [3.8, 4) is 0 Å². The molecule has 0 aromatic heterocycles. The smallest absolute Gasteiger partial charge is 0.305 e. The van der Waals surface area contributed by atoms with Crippen LogP contribution in [0.5, 0.6) is 0 Å². The predicted octanol–water partition coefficient (Wildman–Crippen LogP) is 5.51. The summed E-state index contributed by atoms with van der Waals surface area (Å²) < 4.78 is 4.60. The summed E-state index contributed by atoms with van der Waals surface area (Å²) in [6, 6.07) is 0. The number of unbranched alkanes of at least 4 members (excludes halogenated alkanes) is 7. The van der Waals surface area contributed by atoms with Crippen LogP contribution in [0.15, 0.2) is 24.0 Å². The van der Waals surface area contributed by atoms with Crippen molar-refractivity contribution in [3.63, 3.8) is 0 Å². The van der Waals surface area contributed by atoms with Crippen molar-refractivity contribution >= 4 is 5.97 Å². The SMILES string of the molecule is CCCCC/C(=C\C/C=C/CCCCCCCC(=O)OC)O[N+](=O)[O-]. The molecule has 0 amide bonds. The Bertz CT molecular complexity index is 418. The summed E-state index contributed by atoms with van der Waals surface area (Å²) in [4.78, 5) is 26.0. The molecule has 0 aromatic rings. The molecule has 0 aromatic carbocycles. The van der Waals surface area contributed by atoms with Crippen LogP contribution in [-0.2, 0) is 14.4 Å². The Hall–Kier alpha value is -1.85. The van der Waals surface area contributed by atoms with Gasteiger partial charge in [-0.1, -0.05) is 57.3 Å². The van der Waals surface area contributed by atoms with E-state index in [4.69, 9.17) is 0 Å². The number of hydrogen-bond acceptors (Lipinski definition) is 5. The van der Waals surface area contributed by atoms with Crippen molar-refractivity contribution in [2.75, 3.05) is 7.11 Å². The zero-order chi connectivity index (χ0) is 18.8. The number of allylic oxidation sites excluding steroid dienone is 4. The van der Waals surface area contributed by atoms with Crippen LogP contribution in [0, 0.1) is 10.1 Å². The van der Waals surface area contributed by atoms with Gasteiger partial charge in [0, 0.05) is 6.42 Å². The third-order valence-corrected chi connectivity index (χ3v) is 3.85. The van der Waals surface area contributed by atoms with Crippen molar-refractivity contribution in [2.24, 2.45) is 0 Å². The van der Waals surface area contributed by atoms with Crippen LogP contribution in [0.4, 0.5) is 0 Å². The Morgan fingerprint density at radius 1 is 1.00 bits per heavy atom. The summed E-state index contributed by atoms with van der Waals surface area (Å²) in [7, 11) is 1.42.